The van der Waals surface area contributed by atoms with Crippen LogP contribution in [-0.4, -0.2) is 38.1 Å². The smallest absolute Gasteiger partial charge is 0.383 e. The van der Waals surface area contributed by atoms with Crippen molar-refractivity contribution in [2.45, 2.75) is 24.7 Å². The van der Waals surface area contributed by atoms with Gasteiger partial charge in [0.15, 0.2) is 5.76 Å². The summed E-state index contributed by atoms with van der Waals surface area (Å²) in [6.45, 7) is 0.130. The van der Waals surface area contributed by atoms with Gasteiger partial charge in [0.25, 0.3) is 0 Å². The molecule has 0 aromatic rings. The van der Waals surface area contributed by atoms with Gasteiger partial charge in [-0.2, -0.15) is 26.3 Å². The van der Waals surface area contributed by atoms with Gasteiger partial charge in [0.05, 0.1) is 6.61 Å². The van der Waals surface area contributed by atoms with Crippen LogP contribution in [0.2, 0.25) is 0 Å². The molecule has 0 spiro atoms. The van der Waals surface area contributed by atoms with Crippen molar-refractivity contribution in [3.8, 4) is 0 Å². The zero-order valence-corrected chi connectivity index (χ0v) is 10.2. The van der Waals surface area contributed by atoms with Gasteiger partial charge in [0.1, 0.15) is 6.61 Å². The van der Waals surface area contributed by atoms with E-state index < -0.39 is 35.7 Å². The van der Waals surface area contributed by atoms with Crippen LogP contribution >= 0.6 is 0 Å². The van der Waals surface area contributed by atoms with E-state index in [9.17, 15) is 26.3 Å². The average Bonchev–Trinajstić information content (AvgIpc) is 2.39. The summed E-state index contributed by atoms with van der Waals surface area (Å²) < 4.78 is 87.6. The number of rotatable bonds is 5. The topological polar surface area (TPSA) is 18.5 Å². The Morgan fingerprint density at radius 2 is 1.47 bits per heavy atom. The lowest BCUT2D eigenvalue weighted by atomic mass is 10.1. The number of allylic oxidation sites excluding steroid dienone is 2. The van der Waals surface area contributed by atoms with Crippen LogP contribution in [0.3, 0.4) is 0 Å². The van der Waals surface area contributed by atoms with E-state index in [-0.39, 0.29) is 6.61 Å². The minimum Gasteiger partial charge on any atom is -0.487 e. The van der Waals surface area contributed by atoms with Gasteiger partial charge in [-0.1, -0.05) is 6.08 Å². The van der Waals surface area contributed by atoms with Crippen molar-refractivity contribution in [2.75, 3.05) is 20.3 Å². The molecular formula is C11H12F6O2. The van der Waals surface area contributed by atoms with Crippen LogP contribution in [0.5, 0.6) is 0 Å². The van der Waals surface area contributed by atoms with Crippen LogP contribution in [0.15, 0.2) is 23.5 Å². The van der Waals surface area contributed by atoms with Gasteiger partial charge in [0.2, 0.25) is 0 Å². The molecule has 0 aromatic heterocycles. The third-order valence-electron chi connectivity index (χ3n) is 2.64. The van der Waals surface area contributed by atoms with Crippen molar-refractivity contribution < 1.29 is 35.8 Å². The third kappa shape index (κ3) is 2.33. The summed E-state index contributed by atoms with van der Waals surface area (Å²) in [5.74, 6) is -17.1. The Hall–Kier alpha value is -1.18. The SMILES string of the molecule is COC/C=C/COC1=C(C)C(F)(F)C(F)(F)C1(F)F. The first kappa shape index (κ1) is 15.9. The molecular weight excluding hydrogens is 278 g/mol. The van der Waals surface area contributed by atoms with Crippen LogP contribution in [0.4, 0.5) is 26.3 Å². The highest BCUT2D eigenvalue weighted by molar-refractivity contribution is 5.36. The minimum atomic E-state index is -5.49. The largest absolute Gasteiger partial charge is 0.487 e. The maximum Gasteiger partial charge on any atom is 0.383 e. The van der Waals surface area contributed by atoms with Gasteiger partial charge in [-0.25, -0.2) is 0 Å². The summed E-state index contributed by atoms with van der Waals surface area (Å²) in [6.07, 6.45) is 2.58. The fraction of sp³-hybridized carbons (Fsp3) is 0.636. The minimum absolute atomic E-state index is 0.157. The number of ether oxygens (including phenoxy) is 2. The zero-order chi connectivity index (χ0) is 14.9. The zero-order valence-electron chi connectivity index (χ0n) is 10.2. The highest BCUT2D eigenvalue weighted by atomic mass is 19.3. The highest BCUT2D eigenvalue weighted by Gasteiger charge is 2.80. The lowest BCUT2D eigenvalue weighted by molar-refractivity contribution is -0.271. The fourth-order valence-corrected chi connectivity index (χ4v) is 1.52. The monoisotopic (exact) mass is 290 g/mol. The van der Waals surface area contributed by atoms with Crippen LogP contribution < -0.4 is 0 Å². The normalized spacial score (nSPS) is 24.2. The van der Waals surface area contributed by atoms with E-state index in [0.29, 0.717) is 6.92 Å². The predicted octanol–water partition coefficient (Wildman–Crippen LogP) is 3.40. The number of halogens is 6. The van der Waals surface area contributed by atoms with Gasteiger partial charge < -0.3 is 9.47 Å². The molecule has 0 radical (unpaired) electrons. The summed E-state index contributed by atoms with van der Waals surface area (Å²) in [5.41, 5.74) is -1.46. The maximum atomic E-state index is 13.2. The first-order valence-electron chi connectivity index (χ1n) is 5.22. The quantitative estimate of drug-likeness (QED) is 0.570. The molecule has 0 heterocycles. The molecule has 0 aromatic carbocycles. The summed E-state index contributed by atoms with van der Waals surface area (Å²) in [4.78, 5) is 0. The van der Waals surface area contributed by atoms with Crippen molar-refractivity contribution in [3.05, 3.63) is 23.5 Å². The van der Waals surface area contributed by atoms with Crippen molar-refractivity contribution in [2.24, 2.45) is 0 Å². The molecule has 0 saturated heterocycles. The summed E-state index contributed by atoms with van der Waals surface area (Å²) in [7, 11) is 1.38. The average molecular weight is 290 g/mol. The molecule has 2 nitrogen and oxygen atoms in total. The van der Waals surface area contributed by atoms with Crippen LogP contribution in [0.1, 0.15) is 6.92 Å². The Morgan fingerprint density at radius 3 is 1.89 bits per heavy atom. The van der Waals surface area contributed by atoms with E-state index in [1.54, 1.807) is 0 Å². The molecule has 0 atom stereocenters. The predicted molar refractivity (Wildman–Crippen MR) is 54.5 cm³/mol. The molecule has 0 saturated carbocycles. The maximum absolute atomic E-state index is 13.2. The van der Waals surface area contributed by atoms with Crippen molar-refractivity contribution in [1.82, 2.24) is 0 Å². The number of hydrogen-bond acceptors (Lipinski definition) is 2. The van der Waals surface area contributed by atoms with Crippen molar-refractivity contribution in [1.29, 1.82) is 0 Å². The Morgan fingerprint density at radius 1 is 0.947 bits per heavy atom. The summed E-state index contributed by atoms with van der Waals surface area (Å²) in [5, 5.41) is 0. The Bertz CT molecular complexity index is 400. The Kier molecular flexibility index (Phi) is 4.23. The Balaban J connectivity index is 2.90. The van der Waals surface area contributed by atoms with E-state index in [4.69, 9.17) is 0 Å². The molecule has 0 bridgehead atoms. The van der Waals surface area contributed by atoms with E-state index in [1.807, 2.05) is 0 Å². The van der Waals surface area contributed by atoms with Crippen molar-refractivity contribution in [3.63, 3.8) is 0 Å². The molecule has 1 rings (SSSR count). The van der Waals surface area contributed by atoms with Crippen LogP contribution in [0, 0.1) is 0 Å². The summed E-state index contributed by atoms with van der Waals surface area (Å²) >= 11 is 0. The van der Waals surface area contributed by atoms with Crippen LogP contribution in [0.25, 0.3) is 0 Å². The van der Waals surface area contributed by atoms with E-state index in [1.165, 1.54) is 19.3 Å². The van der Waals surface area contributed by atoms with Gasteiger partial charge in [-0.15, -0.1) is 0 Å². The molecule has 1 aliphatic rings. The van der Waals surface area contributed by atoms with Gasteiger partial charge in [-0.05, 0) is 13.0 Å². The van der Waals surface area contributed by atoms with E-state index in [0.717, 1.165) is 0 Å². The molecule has 0 unspecified atom stereocenters. The molecule has 8 heteroatoms. The number of methoxy groups -OCH3 is 1. The van der Waals surface area contributed by atoms with Gasteiger partial charge in [0, 0.05) is 12.7 Å². The number of alkyl halides is 6. The Labute approximate surface area is 105 Å². The lowest BCUT2D eigenvalue weighted by Crippen LogP contribution is -2.49. The molecule has 0 aliphatic heterocycles. The second-order valence-electron chi connectivity index (χ2n) is 3.92. The molecule has 19 heavy (non-hydrogen) atoms. The molecule has 1 aliphatic carbocycles. The standard InChI is InChI=1S/C11H12F6O2/c1-7-8(19-6-4-3-5-18-2)10(14,15)11(16,17)9(7,12)13/h3-4H,5-6H2,1-2H3/b4-3+. The van der Waals surface area contributed by atoms with Gasteiger partial charge in [-0.3, -0.25) is 0 Å². The number of hydrogen-bond donors (Lipinski definition) is 0. The van der Waals surface area contributed by atoms with Gasteiger partial charge >= 0.3 is 17.8 Å². The second kappa shape index (κ2) is 5.07. The molecule has 0 N–H and O–H groups in total. The summed E-state index contributed by atoms with van der Waals surface area (Å²) in [6, 6.07) is 0. The molecule has 0 fully saturated rings. The highest BCUT2D eigenvalue weighted by Crippen LogP contribution is 2.59. The van der Waals surface area contributed by atoms with Crippen LogP contribution in [-0.2, 0) is 9.47 Å². The second-order valence-corrected chi connectivity index (χ2v) is 3.92. The fourth-order valence-electron chi connectivity index (χ4n) is 1.52. The third-order valence-corrected chi connectivity index (χ3v) is 2.64. The first-order valence-corrected chi connectivity index (χ1v) is 5.22. The van der Waals surface area contributed by atoms with Crippen molar-refractivity contribution >= 4 is 0 Å². The molecule has 110 valence electrons. The van der Waals surface area contributed by atoms with E-state index >= 15 is 0 Å². The first-order chi connectivity index (χ1) is 8.60. The van der Waals surface area contributed by atoms with E-state index in [2.05, 4.69) is 9.47 Å². The molecule has 0 amide bonds. The lowest BCUT2D eigenvalue weighted by Gasteiger charge is -2.24.